The molecule has 2 aromatic rings. The van der Waals surface area contributed by atoms with Gasteiger partial charge in [-0.05, 0) is 44.6 Å². The van der Waals surface area contributed by atoms with Crippen LogP contribution in [0.1, 0.15) is 40.0 Å². The summed E-state index contributed by atoms with van der Waals surface area (Å²) in [5.74, 6) is 0.909. The van der Waals surface area contributed by atoms with Gasteiger partial charge in [0.2, 0.25) is 5.91 Å². The molecule has 0 aliphatic rings. The van der Waals surface area contributed by atoms with Crippen LogP contribution in [0, 0.1) is 0 Å². The SMILES string of the molecule is CCCC(=O)Nc1ccc(-c2nnc(NCCCN(CC)CC)o2)c(OC)c1. The number of carbonyl (C=O) groups excluding carboxylic acids is 1. The number of ether oxygens (including phenoxy) is 1. The number of carbonyl (C=O) groups is 1. The predicted molar refractivity (Wildman–Crippen MR) is 111 cm³/mol. The molecule has 0 saturated carbocycles. The molecule has 0 saturated heterocycles. The van der Waals surface area contributed by atoms with E-state index in [9.17, 15) is 4.79 Å². The lowest BCUT2D eigenvalue weighted by molar-refractivity contribution is -0.116. The van der Waals surface area contributed by atoms with Crippen LogP contribution in [-0.2, 0) is 4.79 Å². The Hall–Kier alpha value is -2.61. The Morgan fingerprint density at radius 3 is 2.68 bits per heavy atom. The number of hydrogen-bond acceptors (Lipinski definition) is 7. The maximum absolute atomic E-state index is 11.8. The van der Waals surface area contributed by atoms with Crippen molar-refractivity contribution < 1.29 is 13.9 Å². The van der Waals surface area contributed by atoms with Gasteiger partial charge in [0.15, 0.2) is 0 Å². The average molecular weight is 390 g/mol. The number of anilines is 2. The van der Waals surface area contributed by atoms with Crippen molar-refractivity contribution >= 4 is 17.6 Å². The number of methoxy groups -OCH3 is 1. The Morgan fingerprint density at radius 2 is 2.00 bits per heavy atom. The minimum atomic E-state index is -0.0220. The van der Waals surface area contributed by atoms with E-state index in [0.29, 0.717) is 35.3 Å². The zero-order valence-electron chi connectivity index (χ0n) is 17.2. The van der Waals surface area contributed by atoms with Gasteiger partial charge in [0, 0.05) is 24.7 Å². The average Bonchev–Trinajstić information content (AvgIpc) is 3.17. The number of aromatic nitrogens is 2. The van der Waals surface area contributed by atoms with Crippen molar-refractivity contribution in [1.29, 1.82) is 0 Å². The number of benzene rings is 1. The van der Waals surface area contributed by atoms with Crippen LogP contribution in [0.4, 0.5) is 11.7 Å². The van der Waals surface area contributed by atoms with E-state index in [0.717, 1.165) is 39.0 Å². The standard InChI is InChI=1S/C20H31N5O3/c1-5-9-18(26)22-15-10-11-16(17(14-15)27-4)19-23-24-20(28-19)21-12-8-13-25(6-2)7-3/h10-11,14H,5-9,12-13H2,1-4H3,(H,21,24)(H,22,26). The topological polar surface area (TPSA) is 92.5 Å². The maximum Gasteiger partial charge on any atom is 0.315 e. The summed E-state index contributed by atoms with van der Waals surface area (Å²) in [6.45, 7) is 10.2. The van der Waals surface area contributed by atoms with E-state index < -0.39 is 0 Å². The van der Waals surface area contributed by atoms with E-state index in [1.54, 1.807) is 25.3 Å². The zero-order chi connectivity index (χ0) is 20.4. The molecule has 8 nitrogen and oxygen atoms in total. The van der Waals surface area contributed by atoms with Crippen molar-refractivity contribution in [3.05, 3.63) is 18.2 Å². The van der Waals surface area contributed by atoms with Gasteiger partial charge in [-0.15, -0.1) is 5.10 Å². The second-order valence-electron chi connectivity index (χ2n) is 6.43. The molecule has 154 valence electrons. The highest BCUT2D eigenvalue weighted by atomic mass is 16.5. The Morgan fingerprint density at radius 1 is 1.21 bits per heavy atom. The molecular weight excluding hydrogens is 358 g/mol. The molecule has 1 amide bonds. The minimum absolute atomic E-state index is 0.0220. The van der Waals surface area contributed by atoms with Gasteiger partial charge in [-0.3, -0.25) is 4.79 Å². The molecule has 28 heavy (non-hydrogen) atoms. The van der Waals surface area contributed by atoms with Crippen LogP contribution >= 0.6 is 0 Å². The third-order valence-corrected chi connectivity index (χ3v) is 4.44. The van der Waals surface area contributed by atoms with Crippen LogP contribution in [0.5, 0.6) is 5.75 Å². The fourth-order valence-corrected chi connectivity index (χ4v) is 2.84. The van der Waals surface area contributed by atoms with Crippen molar-refractivity contribution in [1.82, 2.24) is 15.1 Å². The first-order valence-corrected chi connectivity index (χ1v) is 9.89. The van der Waals surface area contributed by atoms with E-state index in [-0.39, 0.29) is 5.91 Å². The van der Waals surface area contributed by atoms with Gasteiger partial charge in [-0.2, -0.15) is 0 Å². The largest absolute Gasteiger partial charge is 0.496 e. The van der Waals surface area contributed by atoms with Crippen LogP contribution in [-0.4, -0.2) is 54.3 Å². The number of rotatable bonds is 12. The Labute approximate surface area is 166 Å². The molecule has 1 aromatic carbocycles. The van der Waals surface area contributed by atoms with Gasteiger partial charge in [-0.1, -0.05) is 25.9 Å². The Kier molecular flexibility index (Phi) is 8.74. The molecule has 8 heteroatoms. The summed E-state index contributed by atoms with van der Waals surface area (Å²) in [5.41, 5.74) is 1.35. The molecule has 0 unspecified atom stereocenters. The van der Waals surface area contributed by atoms with E-state index in [4.69, 9.17) is 9.15 Å². The molecule has 1 aromatic heterocycles. The smallest absolute Gasteiger partial charge is 0.315 e. The summed E-state index contributed by atoms with van der Waals surface area (Å²) in [5, 5.41) is 14.2. The third kappa shape index (κ3) is 6.23. The monoisotopic (exact) mass is 389 g/mol. The van der Waals surface area contributed by atoms with Crippen molar-refractivity contribution in [2.45, 2.75) is 40.0 Å². The van der Waals surface area contributed by atoms with E-state index in [2.05, 4.69) is 39.6 Å². The van der Waals surface area contributed by atoms with Gasteiger partial charge >= 0.3 is 6.01 Å². The lowest BCUT2D eigenvalue weighted by Crippen LogP contribution is -2.25. The van der Waals surface area contributed by atoms with Crippen LogP contribution in [0.25, 0.3) is 11.5 Å². The van der Waals surface area contributed by atoms with Crippen molar-refractivity contribution in [3.8, 4) is 17.2 Å². The van der Waals surface area contributed by atoms with Gasteiger partial charge in [0.05, 0.1) is 12.7 Å². The molecule has 0 radical (unpaired) electrons. The lowest BCUT2D eigenvalue weighted by Gasteiger charge is -2.17. The summed E-state index contributed by atoms with van der Waals surface area (Å²) in [6, 6.07) is 5.74. The van der Waals surface area contributed by atoms with Gasteiger partial charge in [0.25, 0.3) is 5.89 Å². The number of hydrogen-bond donors (Lipinski definition) is 2. The highest BCUT2D eigenvalue weighted by Crippen LogP contribution is 2.32. The number of nitrogens with one attached hydrogen (secondary N) is 2. The van der Waals surface area contributed by atoms with Crippen LogP contribution in [0.15, 0.2) is 22.6 Å². The van der Waals surface area contributed by atoms with Crippen molar-refractivity contribution in [2.75, 3.05) is 43.9 Å². The first-order chi connectivity index (χ1) is 13.6. The summed E-state index contributed by atoms with van der Waals surface area (Å²) in [4.78, 5) is 14.1. The van der Waals surface area contributed by atoms with E-state index >= 15 is 0 Å². The Bertz CT molecular complexity index is 743. The molecule has 1 heterocycles. The highest BCUT2D eigenvalue weighted by Gasteiger charge is 2.15. The Balaban J connectivity index is 1.98. The van der Waals surface area contributed by atoms with E-state index in [1.807, 2.05) is 6.92 Å². The molecule has 0 aliphatic carbocycles. The second kappa shape index (κ2) is 11.3. The molecule has 0 aliphatic heterocycles. The summed E-state index contributed by atoms with van der Waals surface area (Å²) in [7, 11) is 1.57. The molecule has 0 atom stereocenters. The van der Waals surface area contributed by atoms with Gasteiger partial charge in [-0.25, -0.2) is 0 Å². The summed E-state index contributed by atoms with van der Waals surface area (Å²) >= 11 is 0. The first kappa shape index (κ1) is 21.7. The quantitative estimate of drug-likeness (QED) is 0.536. The highest BCUT2D eigenvalue weighted by molar-refractivity contribution is 5.91. The summed E-state index contributed by atoms with van der Waals surface area (Å²) in [6.07, 6.45) is 2.28. The first-order valence-electron chi connectivity index (χ1n) is 9.89. The van der Waals surface area contributed by atoms with Crippen LogP contribution in [0.2, 0.25) is 0 Å². The van der Waals surface area contributed by atoms with Gasteiger partial charge in [0.1, 0.15) is 5.75 Å². The summed E-state index contributed by atoms with van der Waals surface area (Å²) < 4.78 is 11.2. The minimum Gasteiger partial charge on any atom is -0.496 e. The molecule has 0 spiro atoms. The molecule has 2 rings (SSSR count). The number of nitrogens with zero attached hydrogens (tertiary/aromatic N) is 3. The third-order valence-electron chi connectivity index (χ3n) is 4.44. The molecule has 0 bridgehead atoms. The van der Waals surface area contributed by atoms with Crippen LogP contribution in [0.3, 0.4) is 0 Å². The molecular formula is C20H31N5O3. The lowest BCUT2D eigenvalue weighted by atomic mass is 10.1. The maximum atomic E-state index is 11.8. The number of amides is 1. The second-order valence-corrected chi connectivity index (χ2v) is 6.43. The fourth-order valence-electron chi connectivity index (χ4n) is 2.84. The van der Waals surface area contributed by atoms with Crippen molar-refractivity contribution in [2.24, 2.45) is 0 Å². The van der Waals surface area contributed by atoms with E-state index in [1.165, 1.54) is 0 Å². The zero-order valence-corrected chi connectivity index (χ0v) is 17.2. The normalized spacial score (nSPS) is 10.9. The van der Waals surface area contributed by atoms with Gasteiger partial charge < -0.3 is 24.7 Å². The predicted octanol–water partition coefficient (Wildman–Crippen LogP) is 3.63. The van der Waals surface area contributed by atoms with Crippen molar-refractivity contribution in [3.63, 3.8) is 0 Å². The molecule has 0 fully saturated rings. The molecule has 2 N–H and O–H groups in total. The fraction of sp³-hybridized carbons (Fsp3) is 0.550. The van der Waals surface area contributed by atoms with Crippen LogP contribution < -0.4 is 15.4 Å².